The Balaban J connectivity index is 2.13. The number of nitro groups is 1. The summed E-state index contributed by atoms with van der Waals surface area (Å²) in [6.07, 6.45) is 1.11. The Morgan fingerprint density at radius 1 is 1.91 bits per heavy atom. The summed E-state index contributed by atoms with van der Waals surface area (Å²) in [5.74, 6) is -0.179. The molecule has 0 bridgehead atoms. The van der Waals surface area contributed by atoms with Crippen LogP contribution in [-0.2, 0) is 4.74 Å². The Morgan fingerprint density at radius 2 is 2.73 bits per heavy atom. The molecule has 0 aromatic carbocycles. The van der Waals surface area contributed by atoms with Gasteiger partial charge in [0.25, 0.3) is 0 Å². The van der Waals surface area contributed by atoms with E-state index in [0.29, 0.717) is 0 Å². The molecule has 1 saturated heterocycles. The highest BCUT2D eigenvalue weighted by Crippen LogP contribution is 2.18. The second kappa shape index (κ2) is 2.09. The van der Waals surface area contributed by atoms with Crippen LogP contribution >= 0.6 is 0 Å². The van der Waals surface area contributed by atoms with Crippen LogP contribution in [0.1, 0.15) is 0 Å². The van der Waals surface area contributed by atoms with Gasteiger partial charge in [0.1, 0.15) is 11.1 Å². The molecule has 1 N–H and O–H groups in total. The van der Waals surface area contributed by atoms with Crippen LogP contribution in [0.15, 0.2) is 12.1 Å². The van der Waals surface area contributed by atoms with E-state index in [-0.39, 0.29) is 12.2 Å². The first-order valence-corrected chi connectivity index (χ1v) is 3.29. The Hall–Kier alpha value is -1.30. The van der Waals surface area contributed by atoms with Gasteiger partial charge in [-0.25, -0.2) is 0 Å². The highest BCUT2D eigenvalue weighted by molar-refractivity contribution is 4.94. The van der Waals surface area contributed by atoms with Crippen LogP contribution in [0.3, 0.4) is 0 Å². The van der Waals surface area contributed by atoms with Crippen molar-refractivity contribution in [3.8, 4) is 0 Å². The zero-order valence-electron chi connectivity index (χ0n) is 5.69. The Labute approximate surface area is 62.6 Å². The molecule has 1 fully saturated rings. The molecule has 0 spiro atoms. The van der Waals surface area contributed by atoms with Crippen LogP contribution in [0.25, 0.3) is 0 Å². The number of fused-ring (bicyclic) bond motifs is 1. The molecule has 2 aliphatic rings. The van der Waals surface area contributed by atoms with Crippen molar-refractivity contribution in [3.05, 3.63) is 22.2 Å². The third kappa shape index (κ3) is 0.911. The molecule has 2 heterocycles. The van der Waals surface area contributed by atoms with E-state index in [9.17, 15) is 10.1 Å². The van der Waals surface area contributed by atoms with Gasteiger partial charge in [-0.15, -0.1) is 0 Å². The molecule has 2 aliphatic heterocycles. The van der Waals surface area contributed by atoms with E-state index < -0.39 is 4.92 Å². The molecule has 1 unspecified atom stereocenters. The minimum absolute atomic E-state index is 0.179. The largest absolute Gasteiger partial charge is 0.447 e. The fourth-order valence-electron chi connectivity index (χ4n) is 1.17. The van der Waals surface area contributed by atoms with Crippen LogP contribution in [0.5, 0.6) is 0 Å². The van der Waals surface area contributed by atoms with E-state index >= 15 is 0 Å². The van der Waals surface area contributed by atoms with E-state index in [4.69, 9.17) is 4.74 Å². The van der Waals surface area contributed by atoms with Crippen molar-refractivity contribution in [2.24, 2.45) is 0 Å². The molecule has 0 saturated carbocycles. The Bertz CT molecular complexity index is 227. The second-order valence-electron chi connectivity index (χ2n) is 2.39. The standard InChI is InChI=1S/C5H7N3O3/c9-8(10)4-3-7-2-1-6-5(7)11-4/h3,5-6H,1-2H2. The minimum atomic E-state index is -0.528. The fraction of sp³-hybridized carbons (Fsp3) is 0.600. The van der Waals surface area contributed by atoms with E-state index in [1.54, 1.807) is 4.90 Å². The summed E-state index contributed by atoms with van der Waals surface area (Å²) in [4.78, 5) is 11.4. The van der Waals surface area contributed by atoms with E-state index in [2.05, 4.69) is 5.32 Å². The minimum Gasteiger partial charge on any atom is -0.401 e. The molecule has 0 amide bonds. The quantitative estimate of drug-likeness (QED) is 0.402. The number of hydrogen-bond donors (Lipinski definition) is 1. The normalized spacial score (nSPS) is 27.8. The van der Waals surface area contributed by atoms with Crippen molar-refractivity contribution >= 4 is 0 Å². The molecule has 6 heteroatoms. The number of ether oxygens (including phenoxy) is 1. The van der Waals surface area contributed by atoms with Gasteiger partial charge in [0, 0.05) is 13.1 Å². The van der Waals surface area contributed by atoms with Crippen LogP contribution in [0.4, 0.5) is 0 Å². The summed E-state index contributed by atoms with van der Waals surface area (Å²) in [6, 6.07) is 0. The van der Waals surface area contributed by atoms with Gasteiger partial charge in [0.05, 0.1) is 0 Å². The van der Waals surface area contributed by atoms with E-state index in [1.165, 1.54) is 6.20 Å². The van der Waals surface area contributed by atoms with Crippen LogP contribution in [0.2, 0.25) is 0 Å². The molecule has 60 valence electrons. The molecule has 0 aliphatic carbocycles. The van der Waals surface area contributed by atoms with E-state index in [1.807, 2.05) is 0 Å². The molecular weight excluding hydrogens is 150 g/mol. The average molecular weight is 157 g/mol. The first-order chi connectivity index (χ1) is 5.27. The number of nitrogens with one attached hydrogen (secondary N) is 1. The molecule has 0 radical (unpaired) electrons. The Morgan fingerprint density at radius 3 is 3.36 bits per heavy atom. The number of nitrogens with zero attached hydrogens (tertiary/aromatic N) is 2. The molecule has 1 atom stereocenters. The molecule has 2 rings (SSSR count). The van der Waals surface area contributed by atoms with Gasteiger partial charge in [-0.1, -0.05) is 0 Å². The highest BCUT2D eigenvalue weighted by atomic mass is 16.7. The van der Waals surface area contributed by atoms with Crippen molar-refractivity contribution in [2.45, 2.75) is 6.35 Å². The first-order valence-electron chi connectivity index (χ1n) is 3.29. The van der Waals surface area contributed by atoms with Crippen molar-refractivity contribution in [1.82, 2.24) is 10.2 Å². The zero-order chi connectivity index (χ0) is 7.84. The van der Waals surface area contributed by atoms with Crippen molar-refractivity contribution in [1.29, 1.82) is 0 Å². The van der Waals surface area contributed by atoms with Gasteiger partial charge in [0.15, 0.2) is 0 Å². The maximum absolute atomic E-state index is 10.2. The topological polar surface area (TPSA) is 67.6 Å². The van der Waals surface area contributed by atoms with Gasteiger partial charge in [-0.05, 0) is 0 Å². The maximum atomic E-state index is 10.2. The maximum Gasteiger partial charge on any atom is 0.447 e. The molecule has 0 aromatic rings. The number of hydrogen-bond acceptors (Lipinski definition) is 5. The van der Waals surface area contributed by atoms with Crippen molar-refractivity contribution in [3.63, 3.8) is 0 Å². The predicted molar refractivity (Wildman–Crippen MR) is 34.7 cm³/mol. The summed E-state index contributed by atoms with van der Waals surface area (Å²) < 4.78 is 4.92. The number of rotatable bonds is 1. The summed E-state index contributed by atoms with van der Waals surface area (Å²) in [5, 5.41) is 13.1. The van der Waals surface area contributed by atoms with Crippen molar-refractivity contribution < 1.29 is 9.66 Å². The van der Waals surface area contributed by atoms with Gasteiger partial charge < -0.3 is 9.64 Å². The lowest BCUT2D eigenvalue weighted by Gasteiger charge is -2.10. The average Bonchev–Trinajstić information content (AvgIpc) is 2.40. The summed E-state index contributed by atoms with van der Waals surface area (Å²) in [6.45, 7) is 1.58. The van der Waals surface area contributed by atoms with Crippen LogP contribution < -0.4 is 5.32 Å². The molecule has 0 aromatic heterocycles. The fourth-order valence-corrected chi connectivity index (χ4v) is 1.17. The lowest BCUT2D eigenvalue weighted by Crippen LogP contribution is -2.30. The van der Waals surface area contributed by atoms with Gasteiger partial charge in [-0.3, -0.25) is 15.4 Å². The summed E-state index contributed by atoms with van der Waals surface area (Å²) >= 11 is 0. The first kappa shape index (κ1) is 6.41. The molecule has 11 heavy (non-hydrogen) atoms. The lowest BCUT2D eigenvalue weighted by atomic mass is 10.6. The predicted octanol–water partition coefficient (Wildman–Crippen LogP) is -0.719. The Kier molecular flexibility index (Phi) is 1.22. The monoisotopic (exact) mass is 157 g/mol. The highest BCUT2D eigenvalue weighted by Gasteiger charge is 2.35. The third-order valence-electron chi connectivity index (χ3n) is 1.68. The van der Waals surface area contributed by atoms with Gasteiger partial charge >= 0.3 is 5.88 Å². The van der Waals surface area contributed by atoms with Crippen LogP contribution in [-0.4, -0.2) is 29.3 Å². The zero-order valence-corrected chi connectivity index (χ0v) is 5.69. The molecular formula is C5H7N3O3. The van der Waals surface area contributed by atoms with Gasteiger partial charge in [0.2, 0.25) is 6.35 Å². The van der Waals surface area contributed by atoms with Crippen molar-refractivity contribution in [2.75, 3.05) is 13.1 Å². The second-order valence-corrected chi connectivity index (χ2v) is 2.39. The van der Waals surface area contributed by atoms with Gasteiger partial charge in [-0.2, -0.15) is 0 Å². The summed E-state index contributed by atoms with van der Waals surface area (Å²) in [5.41, 5.74) is 0. The van der Waals surface area contributed by atoms with Crippen LogP contribution in [0, 0.1) is 10.1 Å². The SMILES string of the molecule is O=[N+]([O-])C1=CN2CCNC2O1. The smallest absolute Gasteiger partial charge is 0.401 e. The lowest BCUT2D eigenvalue weighted by molar-refractivity contribution is -0.464. The third-order valence-corrected chi connectivity index (χ3v) is 1.68. The summed E-state index contributed by atoms with van der Waals surface area (Å²) in [7, 11) is 0. The van der Waals surface area contributed by atoms with E-state index in [0.717, 1.165) is 13.1 Å². The molecule has 6 nitrogen and oxygen atoms in total.